The molecule has 0 aliphatic heterocycles. The van der Waals surface area contributed by atoms with Crippen LogP contribution in [0.4, 0.5) is 30.2 Å². The zero-order valence-corrected chi connectivity index (χ0v) is 11.2. The number of nitro benzene ring substituents is 1. The van der Waals surface area contributed by atoms with E-state index >= 15 is 0 Å². The van der Waals surface area contributed by atoms with Crippen LogP contribution in [0, 0.1) is 15.9 Å². The van der Waals surface area contributed by atoms with Gasteiger partial charge in [-0.2, -0.15) is 8.78 Å². The summed E-state index contributed by atoms with van der Waals surface area (Å²) in [7, 11) is 0. The van der Waals surface area contributed by atoms with Crippen LogP contribution >= 0.6 is 11.8 Å². The van der Waals surface area contributed by atoms with Gasteiger partial charge in [-0.05, 0) is 18.2 Å². The van der Waals surface area contributed by atoms with Gasteiger partial charge in [0.05, 0.1) is 16.7 Å². The van der Waals surface area contributed by atoms with Crippen LogP contribution in [0.2, 0.25) is 0 Å². The molecular formula is C13H9F3N2O2S. The molecule has 4 nitrogen and oxygen atoms in total. The molecule has 0 fully saturated rings. The molecule has 1 N–H and O–H groups in total. The molecule has 0 radical (unpaired) electrons. The molecule has 0 aliphatic carbocycles. The second-order valence-electron chi connectivity index (χ2n) is 3.95. The number of non-ortho nitro benzene ring substituents is 1. The van der Waals surface area contributed by atoms with Crippen LogP contribution in [0.15, 0.2) is 47.4 Å². The third kappa shape index (κ3) is 4.12. The minimum Gasteiger partial charge on any atom is -0.354 e. The lowest BCUT2D eigenvalue weighted by atomic mass is 10.2. The summed E-state index contributed by atoms with van der Waals surface area (Å²) < 4.78 is 38.3. The van der Waals surface area contributed by atoms with Gasteiger partial charge in [0, 0.05) is 16.6 Å². The summed E-state index contributed by atoms with van der Waals surface area (Å²) in [5.74, 6) is -3.39. The minimum atomic E-state index is -2.60. The molecule has 2 aromatic carbocycles. The van der Waals surface area contributed by atoms with Gasteiger partial charge < -0.3 is 5.32 Å². The standard InChI is InChI=1S/C13H9F3N2O2S/c14-8-5-9(7-10(6-8)18(19)20)17-11-3-1-2-4-12(11)21-13(15)16/h1-7,13,17H. The molecule has 0 aliphatic rings. The Morgan fingerprint density at radius 3 is 2.57 bits per heavy atom. The summed E-state index contributed by atoms with van der Waals surface area (Å²) in [5.41, 5.74) is 0.0169. The molecule has 0 bridgehead atoms. The number of halogens is 3. The van der Waals surface area contributed by atoms with Crippen LogP contribution in [0.1, 0.15) is 0 Å². The van der Waals surface area contributed by atoms with Crippen LogP contribution in [0.5, 0.6) is 0 Å². The van der Waals surface area contributed by atoms with Gasteiger partial charge in [0.15, 0.2) is 0 Å². The van der Waals surface area contributed by atoms with Crippen LogP contribution in [-0.2, 0) is 0 Å². The largest absolute Gasteiger partial charge is 0.354 e. The van der Waals surface area contributed by atoms with Crippen molar-refractivity contribution in [1.29, 1.82) is 0 Å². The van der Waals surface area contributed by atoms with E-state index in [0.717, 1.165) is 18.2 Å². The van der Waals surface area contributed by atoms with Crippen molar-refractivity contribution in [3.63, 3.8) is 0 Å². The van der Waals surface area contributed by atoms with Crippen molar-refractivity contribution in [1.82, 2.24) is 0 Å². The second kappa shape index (κ2) is 6.49. The zero-order chi connectivity index (χ0) is 15.4. The molecule has 0 aromatic heterocycles. The van der Waals surface area contributed by atoms with Crippen LogP contribution in [-0.4, -0.2) is 10.7 Å². The molecule has 110 valence electrons. The highest BCUT2D eigenvalue weighted by molar-refractivity contribution is 7.99. The van der Waals surface area contributed by atoms with Crippen LogP contribution < -0.4 is 5.32 Å². The van der Waals surface area contributed by atoms with E-state index < -0.39 is 22.2 Å². The third-order valence-electron chi connectivity index (χ3n) is 2.48. The average Bonchev–Trinajstić information content (AvgIpc) is 2.39. The Kier molecular flexibility index (Phi) is 4.69. The number of hydrogen-bond donors (Lipinski definition) is 1. The van der Waals surface area contributed by atoms with Crippen molar-refractivity contribution in [2.75, 3.05) is 5.32 Å². The molecule has 0 amide bonds. The highest BCUT2D eigenvalue weighted by atomic mass is 32.2. The Morgan fingerprint density at radius 1 is 1.19 bits per heavy atom. The van der Waals surface area contributed by atoms with Gasteiger partial charge in [0.25, 0.3) is 11.4 Å². The van der Waals surface area contributed by atoms with E-state index in [9.17, 15) is 23.3 Å². The van der Waals surface area contributed by atoms with Gasteiger partial charge in [0.2, 0.25) is 0 Å². The first-order valence-corrected chi connectivity index (χ1v) is 6.59. The van der Waals surface area contributed by atoms with E-state index in [1.807, 2.05) is 0 Å². The van der Waals surface area contributed by atoms with E-state index in [-0.39, 0.29) is 10.6 Å². The molecule has 0 heterocycles. The highest BCUT2D eigenvalue weighted by Crippen LogP contribution is 2.34. The molecular weight excluding hydrogens is 305 g/mol. The third-order valence-corrected chi connectivity index (χ3v) is 3.26. The Balaban J connectivity index is 2.32. The maximum absolute atomic E-state index is 13.3. The minimum absolute atomic E-state index is 0.115. The Labute approximate surface area is 122 Å². The van der Waals surface area contributed by atoms with Crippen molar-refractivity contribution in [2.24, 2.45) is 0 Å². The van der Waals surface area contributed by atoms with Gasteiger partial charge in [-0.25, -0.2) is 4.39 Å². The number of thioether (sulfide) groups is 1. The average molecular weight is 314 g/mol. The van der Waals surface area contributed by atoms with E-state index in [1.54, 1.807) is 12.1 Å². The topological polar surface area (TPSA) is 55.2 Å². The maximum atomic E-state index is 13.3. The fourth-order valence-corrected chi connectivity index (χ4v) is 2.27. The number of nitrogens with zero attached hydrogens (tertiary/aromatic N) is 1. The number of hydrogen-bond acceptors (Lipinski definition) is 4. The molecule has 21 heavy (non-hydrogen) atoms. The summed E-state index contributed by atoms with van der Waals surface area (Å²) in [6, 6.07) is 9.18. The second-order valence-corrected chi connectivity index (χ2v) is 4.99. The SMILES string of the molecule is O=[N+]([O-])c1cc(F)cc(Nc2ccccc2SC(F)F)c1. The summed E-state index contributed by atoms with van der Waals surface area (Å²) >= 11 is 0.336. The van der Waals surface area contributed by atoms with Gasteiger partial charge in [-0.3, -0.25) is 10.1 Å². The number of nitro groups is 1. The van der Waals surface area contributed by atoms with Crippen molar-refractivity contribution < 1.29 is 18.1 Å². The van der Waals surface area contributed by atoms with Crippen LogP contribution in [0.3, 0.4) is 0 Å². The summed E-state index contributed by atoms with van der Waals surface area (Å²) in [6.45, 7) is 0. The quantitative estimate of drug-likeness (QED) is 0.489. The Morgan fingerprint density at radius 2 is 1.90 bits per heavy atom. The van der Waals surface area contributed by atoms with Gasteiger partial charge in [-0.1, -0.05) is 23.9 Å². The smallest absolute Gasteiger partial charge is 0.288 e. The van der Waals surface area contributed by atoms with E-state index in [1.165, 1.54) is 12.1 Å². The summed E-state index contributed by atoms with van der Waals surface area (Å²) in [6.07, 6.45) is 0. The predicted molar refractivity (Wildman–Crippen MR) is 74.6 cm³/mol. The predicted octanol–water partition coefficient (Wildman–Crippen LogP) is 4.79. The first kappa shape index (κ1) is 15.2. The Bertz CT molecular complexity index is 668. The van der Waals surface area contributed by atoms with E-state index in [4.69, 9.17) is 0 Å². The normalized spacial score (nSPS) is 10.7. The highest BCUT2D eigenvalue weighted by Gasteiger charge is 2.13. The monoisotopic (exact) mass is 314 g/mol. The first-order valence-electron chi connectivity index (χ1n) is 5.71. The van der Waals surface area contributed by atoms with Crippen molar-refractivity contribution in [3.05, 3.63) is 58.4 Å². The van der Waals surface area contributed by atoms with Crippen molar-refractivity contribution in [2.45, 2.75) is 10.7 Å². The van der Waals surface area contributed by atoms with Gasteiger partial charge in [0.1, 0.15) is 5.82 Å². The van der Waals surface area contributed by atoms with Gasteiger partial charge in [-0.15, -0.1) is 0 Å². The van der Waals surface area contributed by atoms with Crippen molar-refractivity contribution in [3.8, 4) is 0 Å². The molecule has 0 unspecified atom stereocenters. The first-order chi connectivity index (χ1) is 9.95. The number of benzene rings is 2. The number of rotatable bonds is 5. The molecule has 0 saturated heterocycles. The fraction of sp³-hybridized carbons (Fsp3) is 0.0769. The van der Waals surface area contributed by atoms with E-state index in [0.29, 0.717) is 17.4 Å². The zero-order valence-electron chi connectivity index (χ0n) is 10.4. The molecule has 8 heteroatoms. The summed E-state index contributed by atoms with van der Waals surface area (Å²) in [5, 5.41) is 13.4. The number of anilines is 2. The lowest BCUT2D eigenvalue weighted by molar-refractivity contribution is -0.385. The molecule has 0 atom stereocenters. The maximum Gasteiger partial charge on any atom is 0.288 e. The summed E-state index contributed by atoms with van der Waals surface area (Å²) in [4.78, 5) is 10.2. The number of nitrogens with one attached hydrogen (secondary N) is 1. The van der Waals surface area contributed by atoms with E-state index in [2.05, 4.69) is 5.32 Å². The molecule has 2 aromatic rings. The number of alkyl halides is 2. The van der Waals surface area contributed by atoms with Crippen molar-refractivity contribution >= 4 is 28.8 Å². The number of para-hydroxylation sites is 1. The lowest BCUT2D eigenvalue weighted by Crippen LogP contribution is -1.96. The lowest BCUT2D eigenvalue weighted by Gasteiger charge is -2.11. The molecule has 0 spiro atoms. The molecule has 2 rings (SSSR count). The molecule has 0 saturated carbocycles. The fourth-order valence-electron chi connectivity index (χ4n) is 1.68. The van der Waals surface area contributed by atoms with Crippen LogP contribution in [0.25, 0.3) is 0 Å². The Hall–Kier alpha value is -2.22. The van der Waals surface area contributed by atoms with Gasteiger partial charge >= 0.3 is 0 Å².